The Kier molecular flexibility index (Phi) is 9.83. The maximum absolute atomic E-state index is 13.8. The first kappa shape index (κ1) is 31.3. The number of rotatable bonds is 12. The Morgan fingerprint density at radius 3 is 2.40 bits per heavy atom. The minimum absolute atomic E-state index is 0.00411. The van der Waals surface area contributed by atoms with E-state index in [0.717, 1.165) is 43.3 Å². The van der Waals surface area contributed by atoms with Crippen LogP contribution in [0.25, 0.3) is 0 Å². The van der Waals surface area contributed by atoms with E-state index >= 15 is 0 Å². The van der Waals surface area contributed by atoms with Crippen LogP contribution in [0, 0.1) is 26.7 Å². The SMILES string of the molecule is CCCC(=O)N(CC12CC3CC(CC(C3)C1)C2)[C@@H]1CC(C(=O)NCCO)=C[C@H](Oc2c(I)cc(C=O)cc2OC)[C@H]1O. The van der Waals surface area contributed by atoms with Crippen LogP contribution in [0.4, 0.5) is 0 Å². The third-order valence-electron chi connectivity index (χ3n) is 9.71. The molecule has 9 nitrogen and oxygen atoms in total. The fraction of sp³-hybridized carbons (Fsp3) is 0.656. The number of benzene rings is 1. The van der Waals surface area contributed by atoms with E-state index in [-0.39, 0.29) is 36.8 Å². The summed E-state index contributed by atoms with van der Waals surface area (Å²) in [5, 5.41) is 23.9. The Morgan fingerprint density at radius 1 is 1.17 bits per heavy atom. The van der Waals surface area contributed by atoms with E-state index in [1.54, 1.807) is 18.2 Å². The molecular weight excluding hydrogens is 651 g/mol. The second-order valence-electron chi connectivity index (χ2n) is 12.9. The van der Waals surface area contributed by atoms with Crippen molar-refractivity contribution in [3.8, 4) is 11.5 Å². The van der Waals surface area contributed by atoms with E-state index in [2.05, 4.69) is 27.9 Å². The van der Waals surface area contributed by atoms with Crippen molar-refractivity contribution < 1.29 is 34.1 Å². The second-order valence-corrected chi connectivity index (χ2v) is 14.0. The van der Waals surface area contributed by atoms with E-state index in [1.807, 2.05) is 11.8 Å². The van der Waals surface area contributed by atoms with E-state index in [0.29, 0.717) is 45.6 Å². The van der Waals surface area contributed by atoms with Gasteiger partial charge in [0.1, 0.15) is 18.5 Å². The average Bonchev–Trinajstić information content (AvgIpc) is 2.95. The minimum atomic E-state index is -1.10. The van der Waals surface area contributed by atoms with E-state index in [9.17, 15) is 24.6 Å². The fourth-order valence-electron chi connectivity index (χ4n) is 8.43. The standard InChI is InChI=1S/C32H43IN2O7/c1-3-4-28(38)35(18-32-14-19-7-20(15-32)9-21(8-19)16-32)25-12-23(31(40)34-5-6-36)13-26(29(25)39)42-30-24(33)10-22(17-37)11-27(30)41-2/h10-11,13,17,19-21,25-26,29,36,39H,3-9,12,14-16,18H2,1-2H3,(H,34,40)/t19?,20?,21?,25-,26+,29+,32?/m1/s1. The molecule has 0 radical (unpaired) electrons. The first-order valence-electron chi connectivity index (χ1n) is 15.3. The number of ether oxygens (including phenoxy) is 2. The van der Waals surface area contributed by atoms with Crippen molar-refractivity contribution >= 4 is 40.7 Å². The lowest BCUT2D eigenvalue weighted by molar-refractivity contribution is -0.147. The Hall–Kier alpha value is -2.18. The smallest absolute Gasteiger partial charge is 0.247 e. The van der Waals surface area contributed by atoms with E-state index in [4.69, 9.17) is 9.47 Å². The molecule has 4 fully saturated rings. The summed E-state index contributed by atoms with van der Waals surface area (Å²) >= 11 is 2.06. The molecule has 230 valence electrons. The molecule has 0 aromatic heterocycles. The van der Waals surface area contributed by atoms with Gasteiger partial charge in [-0.1, -0.05) is 6.92 Å². The highest BCUT2D eigenvalue weighted by Gasteiger charge is 2.53. The van der Waals surface area contributed by atoms with Gasteiger partial charge in [0, 0.05) is 37.1 Å². The number of amides is 2. The maximum Gasteiger partial charge on any atom is 0.247 e. The third-order valence-corrected chi connectivity index (χ3v) is 10.5. The topological polar surface area (TPSA) is 125 Å². The normalized spacial score (nSPS) is 31.3. The fourth-order valence-corrected chi connectivity index (χ4v) is 9.18. The summed E-state index contributed by atoms with van der Waals surface area (Å²) < 4.78 is 12.5. The van der Waals surface area contributed by atoms with Gasteiger partial charge in [0.25, 0.3) is 0 Å². The van der Waals surface area contributed by atoms with Crippen molar-refractivity contribution in [1.82, 2.24) is 10.2 Å². The number of methoxy groups -OCH3 is 1. The summed E-state index contributed by atoms with van der Waals surface area (Å²) in [5.41, 5.74) is 0.886. The number of hydrogen-bond acceptors (Lipinski definition) is 7. The molecule has 1 aromatic carbocycles. The molecule has 2 amide bonds. The molecule has 1 aromatic rings. The number of aliphatic hydroxyl groups excluding tert-OH is 2. The molecule has 3 atom stereocenters. The van der Waals surface area contributed by atoms with Crippen LogP contribution in [0.15, 0.2) is 23.8 Å². The highest BCUT2D eigenvalue weighted by Crippen LogP contribution is 2.60. The van der Waals surface area contributed by atoms with E-state index < -0.39 is 18.2 Å². The van der Waals surface area contributed by atoms with Crippen LogP contribution < -0.4 is 14.8 Å². The molecule has 4 bridgehead atoms. The van der Waals surface area contributed by atoms with Gasteiger partial charge in [0.15, 0.2) is 11.5 Å². The third kappa shape index (κ3) is 6.50. The van der Waals surface area contributed by atoms with Crippen molar-refractivity contribution in [3.05, 3.63) is 32.9 Å². The van der Waals surface area contributed by atoms with Gasteiger partial charge in [0.2, 0.25) is 11.8 Å². The van der Waals surface area contributed by atoms with Crippen LogP contribution in [0.3, 0.4) is 0 Å². The van der Waals surface area contributed by atoms with Crippen molar-refractivity contribution in [2.75, 3.05) is 26.8 Å². The summed E-state index contributed by atoms with van der Waals surface area (Å²) in [4.78, 5) is 40.3. The Bertz CT molecular complexity index is 1180. The molecular formula is C32H43IN2O7. The second kappa shape index (κ2) is 13.2. The van der Waals surface area contributed by atoms with Crippen LogP contribution in [-0.4, -0.2) is 78.3 Å². The number of carbonyl (C=O) groups is 3. The summed E-state index contributed by atoms with van der Waals surface area (Å²) in [6.45, 7) is 2.47. The van der Waals surface area contributed by atoms with Crippen LogP contribution in [0.1, 0.15) is 75.1 Å². The van der Waals surface area contributed by atoms with Crippen LogP contribution in [0.2, 0.25) is 0 Å². The van der Waals surface area contributed by atoms with Crippen molar-refractivity contribution in [1.29, 1.82) is 0 Å². The zero-order chi connectivity index (χ0) is 30.0. The number of halogens is 1. The van der Waals surface area contributed by atoms with Crippen LogP contribution >= 0.6 is 22.6 Å². The van der Waals surface area contributed by atoms with Gasteiger partial charge in [-0.15, -0.1) is 0 Å². The predicted octanol–water partition coefficient (Wildman–Crippen LogP) is 3.87. The summed E-state index contributed by atoms with van der Waals surface area (Å²) in [7, 11) is 1.48. The zero-order valence-electron chi connectivity index (χ0n) is 24.5. The van der Waals surface area contributed by atoms with Crippen molar-refractivity contribution in [2.45, 2.75) is 83.0 Å². The van der Waals surface area contributed by atoms with Gasteiger partial charge in [-0.25, -0.2) is 0 Å². The summed E-state index contributed by atoms with van der Waals surface area (Å²) in [6.07, 6.45) is 8.81. The number of nitrogens with one attached hydrogen (secondary N) is 1. The summed E-state index contributed by atoms with van der Waals surface area (Å²) in [6, 6.07) is 2.58. The average molecular weight is 695 g/mol. The number of carbonyl (C=O) groups excluding carboxylic acids is 3. The molecule has 0 spiro atoms. The molecule has 0 heterocycles. The Balaban J connectivity index is 1.49. The van der Waals surface area contributed by atoms with Crippen LogP contribution in [-0.2, 0) is 9.59 Å². The van der Waals surface area contributed by atoms with Gasteiger partial charge in [0.05, 0.1) is 23.3 Å². The molecule has 42 heavy (non-hydrogen) atoms. The van der Waals surface area contributed by atoms with Gasteiger partial charge in [-0.05, 0) is 109 Å². The molecule has 0 saturated heterocycles. The highest BCUT2D eigenvalue weighted by molar-refractivity contribution is 14.1. The van der Waals surface area contributed by atoms with E-state index in [1.165, 1.54) is 26.4 Å². The monoisotopic (exact) mass is 694 g/mol. The molecule has 5 aliphatic carbocycles. The molecule has 4 saturated carbocycles. The largest absolute Gasteiger partial charge is 0.493 e. The molecule has 0 aliphatic heterocycles. The number of aliphatic hydroxyl groups is 2. The Morgan fingerprint density at radius 2 is 1.83 bits per heavy atom. The summed E-state index contributed by atoms with van der Waals surface area (Å²) in [5.74, 6) is 2.49. The predicted molar refractivity (Wildman–Crippen MR) is 165 cm³/mol. The lowest BCUT2D eigenvalue weighted by atomic mass is 9.49. The van der Waals surface area contributed by atoms with Crippen molar-refractivity contribution in [3.63, 3.8) is 0 Å². The quantitative estimate of drug-likeness (QED) is 0.224. The number of hydrogen-bond donors (Lipinski definition) is 3. The van der Waals surface area contributed by atoms with Gasteiger partial charge >= 0.3 is 0 Å². The molecule has 6 rings (SSSR count). The van der Waals surface area contributed by atoms with Crippen LogP contribution in [0.5, 0.6) is 11.5 Å². The molecule has 10 heteroatoms. The minimum Gasteiger partial charge on any atom is -0.493 e. The maximum atomic E-state index is 13.8. The first-order valence-corrected chi connectivity index (χ1v) is 16.3. The van der Waals surface area contributed by atoms with Gasteiger partial charge < -0.3 is 29.9 Å². The van der Waals surface area contributed by atoms with Gasteiger partial charge in [-0.2, -0.15) is 0 Å². The zero-order valence-corrected chi connectivity index (χ0v) is 26.7. The molecule has 3 N–H and O–H groups in total. The number of nitrogens with zero attached hydrogens (tertiary/aromatic N) is 1. The van der Waals surface area contributed by atoms with Crippen molar-refractivity contribution in [2.24, 2.45) is 23.2 Å². The highest BCUT2D eigenvalue weighted by atomic mass is 127. The number of aldehydes is 1. The Labute approximate surface area is 261 Å². The molecule has 0 unspecified atom stereocenters. The lowest BCUT2D eigenvalue weighted by Gasteiger charge is -2.58. The molecule has 5 aliphatic rings. The first-order chi connectivity index (χ1) is 20.2. The van der Waals surface area contributed by atoms with Gasteiger partial charge in [-0.3, -0.25) is 14.4 Å². The lowest BCUT2D eigenvalue weighted by Crippen LogP contribution is -2.59.